The van der Waals surface area contributed by atoms with E-state index >= 15 is 0 Å². The highest BCUT2D eigenvalue weighted by molar-refractivity contribution is 7.89. The molecule has 0 aliphatic rings. The van der Waals surface area contributed by atoms with Crippen molar-refractivity contribution in [3.05, 3.63) is 29.8 Å². The molecule has 1 rings (SSSR count). The van der Waals surface area contributed by atoms with Gasteiger partial charge in [-0.1, -0.05) is 31.5 Å². The van der Waals surface area contributed by atoms with Gasteiger partial charge in [0, 0.05) is 11.8 Å². The van der Waals surface area contributed by atoms with Crippen molar-refractivity contribution in [2.75, 3.05) is 5.75 Å². The maximum absolute atomic E-state index is 12.1. The van der Waals surface area contributed by atoms with Crippen molar-refractivity contribution >= 4 is 22.7 Å². The molecule has 0 spiro atoms. The zero-order valence-corrected chi connectivity index (χ0v) is 12.1. The summed E-state index contributed by atoms with van der Waals surface area (Å²) in [5.41, 5.74) is 1.04. The van der Waals surface area contributed by atoms with Gasteiger partial charge in [-0.2, -0.15) is 12.6 Å². The van der Waals surface area contributed by atoms with E-state index in [0.29, 0.717) is 10.6 Å². The van der Waals surface area contributed by atoms with Gasteiger partial charge in [-0.15, -0.1) is 0 Å². The summed E-state index contributed by atoms with van der Waals surface area (Å²) < 4.78 is 26.8. The van der Waals surface area contributed by atoms with Crippen molar-refractivity contribution in [3.63, 3.8) is 0 Å². The lowest BCUT2D eigenvalue weighted by Crippen LogP contribution is -2.39. The van der Waals surface area contributed by atoms with Crippen LogP contribution in [0.3, 0.4) is 0 Å². The Morgan fingerprint density at radius 3 is 2.18 bits per heavy atom. The van der Waals surface area contributed by atoms with Gasteiger partial charge in [0.25, 0.3) is 0 Å². The number of sulfonamides is 1. The minimum absolute atomic E-state index is 0.148. The lowest BCUT2D eigenvalue weighted by molar-refractivity contribution is 0.482. The van der Waals surface area contributed by atoms with Crippen LogP contribution in [0.5, 0.6) is 0 Å². The smallest absolute Gasteiger partial charge is 0.207 e. The predicted octanol–water partition coefficient (Wildman–Crippen LogP) is 2.23. The number of aryl methyl sites for hydroxylation is 1. The predicted molar refractivity (Wildman–Crippen MR) is 74.0 cm³/mol. The Labute approximate surface area is 109 Å². The van der Waals surface area contributed by atoms with E-state index in [-0.39, 0.29) is 12.0 Å². The molecule has 0 fully saturated rings. The molecule has 0 heterocycles. The molecule has 0 saturated heterocycles. The second-order valence-electron chi connectivity index (χ2n) is 4.47. The lowest BCUT2D eigenvalue weighted by atomic mass is 10.1. The Morgan fingerprint density at radius 1 is 1.24 bits per heavy atom. The largest absolute Gasteiger partial charge is 0.240 e. The van der Waals surface area contributed by atoms with Crippen LogP contribution in [0.2, 0.25) is 0 Å². The fourth-order valence-electron chi connectivity index (χ4n) is 1.37. The van der Waals surface area contributed by atoms with E-state index in [0.717, 1.165) is 5.56 Å². The second kappa shape index (κ2) is 5.89. The van der Waals surface area contributed by atoms with Gasteiger partial charge in [-0.05, 0) is 25.0 Å². The van der Waals surface area contributed by atoms with E-state index in [1.54, 1.807) is 24.3 Å². The van der Waals surface area contributed by atoms with E-state index in [9.17, 15) is 8.42 Å². The SMILES string of the molecule is Cc1ccc(S(=O)(=O)N[C@H](CS)C(C)C)cc1. The van der Waals surface area contributed by atoms with Gasteiger partial charge in [0.05, 0.1) is 4.90 Å². The Morgan fingerprint density at radius 2 is 1.76 bits per heavy atom. The van der Waals surface area contributed by atoms with Crippen molar-refractivity contribution in [2.24, 2.45) is 5.92 Å². The average molecular weight is 273 g/mol. The summed E-state index contributed by atoms with van der Waals surface area (Å²) in [4.78, 5) is 0.301. The monoisotopic (exact) mass is 273 g/mol. The Hall–Kier alpha value is -0.520. The van der Waals surface area contributed by atoms with Crippen LogP contribution in [0.15, 0.2) is 29.2 Å². The number of thiol groups is 1. The molecule has 0 radical (unpaired) electrons. The van der Waals surface area contributed by atoms with Crippen molar-refractivity contribution < 1.29 is 8.42 Å². The molecule has 1 aromatic carbocycles. The fraction of sp³-hybridized carbons (Fsp3) is 0.500. The Kier molecular flexibility index (Phi) is 5.04. The first-order chi connectivity index (χ1) is 7.86. The van der Waals surface area contributed by atoms with Crippen LogP contribution < -0.4 is 4.72 Å². The van der Waals surface area contributed by atoms with Crippen LogP contribution >= 0.6 is 12.6 Å². The molecule has 96 valence electrons. The van der Waals surface area contributed by atoms with E-state index in [1.165, 1.54) is 0 Å². The van der Waals surface area contributed by atoms with Crippen LogP contribution in [0.4, 0.5) is 0 Å². The average Bonchev–Trinajstić information content (AvgIpc) is 2.26. The first kappa shape index (κ1) is 14.5. The van der Waals surface area contributed by atoms with Crippen molar-refractivity contribution in [1.82, 2.24) is 4.72 Å². The zero-order valence-electron chi connectivity index (χ0n) is 10.3. The first-order valence-electron chi connectivity index (χ1n) is 5.56. The van der Waals surface area contributed by atoms with Gasteiger partial charge in [0.15, 0.2) is 0 Å². The standard InChI is InChI=1S/C12H19NO2S2/c1-9(2)12(8-16)13-17(14,15)11-6-4-10(3)5-7-11/h4-7,9,12-13,16H,8H2,1-3H3/t12-/m1/s1. The molecule has 0 unspecified atom stereocenters. The number of nitrogens with one attached hydrogen (secondary N) is 1. The number of hydrogen-bond acceptors (Lipinski definition) is 3. The summed E-state index contributed by atoms with van der Waals surface area (Å²) in [5.74, 6) is 0.704. The minimum atomic E-state index is -3.43. The first-order valence-corrected chi connectivity index (χ1v) is 7.68. The van der Waals surface area contributed by atoms with Crippen LogP contribution in [0.25, 0.3) is 0 Å². The third-order valence-electron chi connectivity index (χ3n) is 2.64. The van der Waals surface area contributed by atoms with E-state index in [4.69, 9.17) is 0 Å². The molecular formula is C12H19NO2S2. The topological polar surface area (TPSA) is 46.2 Å². The van der Waals surface area contributed by atoms with Crippen LogP contribution in [-0.4, -0.2) is 20.2 Å². The molecule has 0 amide bonds. The summed E-state index contributed by atoms with van der Waals surface area (Å²) in [6.45, 7) is 5.87. The third-order valence-corrected chi connectivity index (χ3v) is 4.54. The van der Waals surface area contributed by atoms with E-state index < -0.39 is 10.0 Å². The molecule has 0 aliphatic heterocycles. The molecule has 3 nitrogen and oxygen atoms in total. The van der Waals surface area contributed by atoms with Gasteiger partial charge in [-0.3, -0.25) is 0 Å². The molecule has 0 aliphatic carbocycles. The summed E-state index contributed by atoms with van der Waals surface area (Å²) in [6, 6.07) is 6.67. The number of benzene rings is 1. The summed E-state index contributed by atoms with van der Waals surface area (Å²) in [6.07, 6.45) is 0. The van der Waals surface area contributed by atoms with Crippen LogP contribution in [0.1, 0.15) is 19.4 Å². The van der Waals surface area contributed by atoms with Crippen LogP contribution in [0, 0.1) is 12.8 Å². The highest BCUT2D eigenvalue weighted by atomic mass is 32.2. The molecule has 0 saturated carbocycles. The summed E-state index contributed by atoms with van der Waals surface area (Å²) >= 11 is 4.17. The lowest BCUT2D eigenvalue weighted by Gasteiger charge is -2.20. The third kappa shape index (κ3) is 4.01. The molecule has 0 aromatic heterocycles. The molecule has 1 atom stereocenters. The molecular weight excluding hydrogens is 254 g/mol. The van der Waals surface area contributed by atoms with Gasteiger partial charge in [0.2, 0.25) is 10.0 Å². The van der Waals surface area contributed by atoms with E-state index in [1.807, 2.05) is 20.8 Å². The molecule has 5 heteroatoms. The maximum atomic E-state index is 12.1. The molecule has 17 heavy (non-hydrogen) atoms. The van der Waals surface area contributed by atoms with Crippen molar-refractivity contribution in [3.8, 4) is 0 Å². The quantitative estimate of drug-likeness (QED) is 0.808. The van der Waals surface area contributed by atoms with Gasteiger partial charge in [-0.25, -0.2) is 13.1 Å². The Balaban J connectivity index is 2.92. The normalized spacial score (nSPS) is 13.9. The van der Waals surface area contributed by atoms with Crippen molar-refractivity contribution in [2.45, 2.75) is 31.7 Å². The second-order valence-corrected chi connectivity index (χ2v) is 6.55. The number of rotatable bonds is 5. The highest BCUT2D eigenvalue weighted by Gasteiger charge is 2.21. The minimum Gasteiger partial charge on any atom is -0.207 e. The van der Waals surface area contributed by atoms with Crippen LogP contribution in [-0.2, 0) is 10.0 Å². The van der Waals surface area contributed by atoms with Gasteiger partial charge < -0.3 is 0 Å². The summed E-state index contributed by atoms with van der Waals surface area (Å²) in [7, 11) is -3.43. The Bertz CT molecular complexity index is 452. The zero-order chi connectivity index (χ0) is 13.1. The fourth-order valence-corrected chi connectivity index (χ4v) is 3.39. The molecule has 1 aromatic rings. The highest BCUT2D eigenvalue weighted by Crippen LogP contribution is 2.13. The van der Waals surface area contributed by atoms with Crippen molar-refractivity contribution in [1.29, 1.82) is 0 Å². The molecule has 1 N–H and O–H groups in total. The molecule has 0 bridgehead atoms. The maximum Gasteiger partial charge on any atom is 0.240 e. The van der Waals surface area contributed by atoms with E-state index in [2.05, 4.69) is 17.4 Å². The van der Waals surface area contributed by atoms with Gasteiger partial charge in [0.1, 0.15) is 0 Å². The van der Waals surface area contributed by atoms with Gasteiger partial charge >= 0.3 is 0 Å². The number of hydrogen-bond donors (Lipinski definition) is 2. The summed E-state index contributed by atoms with van der Waals surface area (Å²) in [5, 5.41) is 0.